The smallest absolute Gasteiger partial charge is 0.339 e. The van der Waals surface area contributed by atoms with Crippen LogP contribution < -0.4 is 0 Å². The molecule has 2 atom stereocenters. The van der Waals surface area contributed by atoms with E-state index >= 15 is 0 Å². The fourth-order valence-electron chi connectivity index (χ4n) is 1.56. The van der Waals surface area contributed by atoms with E-state index in [0.717, 1.165) is 0 Å². The number of carbonyl (C=O) groups excluding carboxylic acids is 2. The van der Waals surface area contributed by atoms with Gasteiger partial charge in [-0.25, -0.2) is 9.59 Å². The van der Waals surface area contributed by atoms with Crippen molar-refractivity contribution in [2.75, 3.05) is 14.2 Å². The van der Waals surface area contributed by atoms with E-state index in [1.807, 2.05) is 0 Å². The molecular formula is C10H9BrO5. The highest BCUT2D eigenvalue weighted by molar-refractivity contribution is 9.11. The highest BCUT2D eigenvalue weighted by Gasteiger charge is 2.47. The average Bonchev–Trinajstić information content (AvgIpc) is 3.06. The largest absolute Gasteiger partial charge is 0.465 e. The summed E-state index contributed by atoms with van der Waals surface area (Å²) in [6.07, 6.45) is 1.24. The van der Waals surface area contributed by atoms with Crippen LogP contribution in [0.5, 0.6) is 0 Å². The molecule has 1 aliphatic carbocycles. The predicted molar refractivity (Wildman–Crippen MR) is 56.7 cm³/mol. The summed E-state index contributed by atoms with van der Waals surface area (Å²) in [4.78, 5) is 23.1. The molecule has 1 fully saturated rings. The van der Waals surface area contributed by atoms with E-state index in [1.54, 1.807) is 6.08 Å². The number of carbonyl (C=O) groups is 2. The lowest BCUT2D eigenvalue weighted by Gasteiger charge is -2.12. The molecule has 0 spiro atoms. The molecule has 86 valence electrons. The van der Waals surface area contributed by atoms with Crippen molar-refractivity contribution in [3.05, 3.63) is 21.7 Å². The number of rotatable bonds is 2. The van der Waals surface area contributed by atoms with Crippen LogP contribution in [0.15, 0.2) is 21.7 Å². The maximum absolute atomic E-state index is 11.6. The van der Waals surface area contributed by atoms with Gasteiger partial charge in [0, 0.05) is 4.48 Å². The first kappa shape index (κ1) is 11.3. The van der Waals surface area contributed by atoms with Crippen molar-refractivity contribution in [2.24, 2.45) is 0 Å². The number of hydrogen-bond donors (Lipinski definition) is 0. The van der Waals surface area contributed by atoms with E-state index in [2.05, 4.69) is 25.4 Å². The van der Waals surface area contributed by atoms with Crippen molar-refractivity contribution in [1.82, 2.24) is 0 Å². The van der Waals surface area contributed by atoms with Crippen LogP contribution in [-0.4, -0.2) is 38.4 Å². The third-order valence-corrected chi connectivity index (χ3v) is 3.26. The fraction of sp³-hybridized carbons (Fsp3) is 0.400. The van der Waals surface area contributed by atoms with Crippen LogP contribution >= 0.6 is 15.9 Å². The highest BCUT2D eigenvalue weighted by atomic mass is 79.9. The van der Waals surface area contributed by atoms with Crippen molar-refractivity contribution >= 4 is 27.9 Å². The fourth-order valence-corrected chi connectivity index (χ4v) is 2.31. The number of hydrogen-bond acceptors (Lipinski definition) is 5. The lowest BCUT2D eigenvalue weighted by atomic mass is 9.98. The normalized spacial score (nSPS) is 26.8. The first-order valence-electron chi connectivity index (χ1n) is 4.54. The topological polar surface area (TPSA) is 65.1 Å². The average molecular weight is 289 g/mol. The van der Waals surface area contributed by atoms with Crippen molar-refractivity contribution in [1.29, 1.82) is 0 Å². The third-order valence-electron chi connectivity index (χ3n) is 2.41. The van der Waals surface area contributed by atoms with Gasteiger partial charge in [0.1, 0.15) is 12.2 Å². The second-order valence-electron chi connectivity index (χ2n) is 3.31. The Balaban J connectivity index is 2.42. The molecule has 6 heteroatoms. The molecule has 16 heavy (non-hydrogen) atoms. The van der Waals surface area contributed by atoms with Crippen LogP contribution in [0, 0.1) is 0 Å². The van der Waals surface area contributed by atoms with Gasteiger partial charge < -0.3 is 14.2 Å². The Morgan fingerprint density at radius 1 is 1.31 bits per heavy atom. The molecule has 0 amide bonds. The molecule has 1 saturated heterocycles. The summed E-state index contributed by atoms with van der Waals surface area (Å²) < 4.78 is 15.0. The SMILES string of the molecule is COC(=O)C1=C[C@@H]2O[C@@H]2C(Br)=C1C(=O)OC. The van der Waals surface area contributed by atoms with Crippen LogP contribution in [0.1, 0.15) is 0 Å². The summed E-state index contributed by atoms with van der Waals surface area (Å²) in [5.74, 6) is -1.16. The number of esters is 2. The molecule has 1 aliphatic heterocycles. The second-order valence-corrected chi connectivity index (χ2v) is 4.16. The zero-order valence-corrected chi connectivity index (χ0v) is 10.2. The molecule has 0 saturated carbocycles. The first-order chi connectivity index (χ1) is 7.60. The Morgan fingerprint density at radius 3 is 2.50 bits per heavy atom. The van der Waals surface area contributed by atoms with Crippen molar-refractivity contribution in [3.63, 3.8) is 0 Å². The summed E-state index contributed by atoms with van der Waals surface area (Å²) >= 11 is 3.25. The van der Waals surface area contributed by atoms with Crippen LogP contribution in [0.25, 0.3) is 0 Å². The second kappa shape index (κ2) is 4.03. The molecule has 0 aromatic heterocycles. The Labute approximate surface area is 100 Å². The van der Waals surface area contributed by atoms with Crippen LogP contribution in [0.4, 0.5) is 0 Å². The van der Waals surface area contributed by atoms with Gasteiger partial charge in [0.2, 0.25) is 0 Å². The van der Waals surface area contributed by atoms with E-state index in [9.17, 15) is 9.59 Å². The van der Waals surface area contributed by atoms with Gasteiger partial charge in [-0.1, -0.05) is 15.9 Å². The molecule has 2 aliphatic rings. The maximum atomic E-state index is 11.6. The van der Waals surface area contributed by atoms with Gasteiger partial charge >= 0.3 is 11.9 Å². The number of fused-ring (bicyclic) bond motifs is 1. The Bertz CT molecular complexity index is 423. The van der Waals surface area contributed by atoms with Crippen molar-refractivity contribution in [2.45, 2.75) is 12.2 Å². The lowest BCUT2D eigenvalue weighted by Crippen LogP contribution is -2.20. The molecule has 0 radical (unpaired) electrons. The van der Waals surface area contributed by atoms with Crippen molar-refractivity contribution < 1.29 is 23.8 Å². The Morgan fingerprint density at radius 2 is 1.94 bits per heavy atom. The minimum atomic E-state index is -0.586. The summed E-state index contributed by atoms with van der Waals surface area (Å²) in [6, 6.07) is 0. The molecule has 0 aromatic carbocycles. The number of epoxide rings is 1. The van der Waals surface area contributed by atoms with E-state index in [1.165, 1.54) is 14.2 Å². The third kappa shape index (κ3) is 1.68. The molecule has 5 nitrogen and oxygen atoms in total. The minimum absolute atomic E-state index is 0.156. The van der Waals surface area contributed by atoms with Gasteiger partial charge in [0.25, 0.3) is 0 Å². The maximum Gasteiger partial charge on any atom is 0.339 e. The Kier molecular flexibility index (Phi) is 2.86. The summed E-state index contributed by atoms with van der Waals surface area (Å²) in [5, 5.41) is 0. The molecule has 0 bridgehead atoms. The monoisotopic (exact) mass is 288 g/mol. The van der Waals surface area contributed by atoms with Crippen LogP contribution in [0.3, 0.4) is 0 Å². The van der Waals surface area contributed by atoms with Crippen LogP contribution in [-0.2, 0) is 23.8 Å². The predicted octanol–water partition coefficient (Wildman–Crippen LogP) is 0.689. The van der Waals surface area contributed by atoms with E-state index in [4.69, 9.17) is 4.74 Å². The first-order valence-corrected chi connectivity index (χ1v) is 5.33. The molecule has 1 heterocycles. The summed E-state index contributed by atoms with van der Waals surface area (Å²) in [7, 11) is 2.51. The molecule has 0 N–H and O–H groups in total. The number of halogens is 1. The van der Waals surface area contributed by atoms with Gasteiger partial charge in [0.05, 0.1) is 25.4 Å². The van der Waals surface area contributed by atoms with E-state index in [-0.39, 0.29) is 23.4 Å². The van der Waals surface area contributed by atoms with Crippen LogP contribution in [0.2, 0.25) is 0 Å². The summed E-state index contributed by atoms with van der Waals surface area (Å²) in [6.45, 7) is 0. The Hall–Kier alpha value is -1.14. The lowest BCUT2D eigenvalue weighted by molar-refractivity contribution is -0.139. The molecule has 2 rings (SSSR count). The van der Waals surface area contributed by atoms with Crippen molar-refractivity contribution in [3.8, 4) is 0 Å². The standard InChI is InChI=1S/C10H9BrO5/c1-14-9(12)4-3-5-8(16-5)7(11)6(4)10(13)15-2/h3,5,8H,1-2H3/t5-,8-/m0/s1. The number of ether oxygens (including phenoxy) is 3. The highest BCUT2D eigenvalue weighted by Crippen LogP contribution is 2.42. The van der Waals surface area contributed by atoms with Gasteiger partial charge in [-0.3, -0.25) is 0 Å². The molecule has 0 aromatic rings. The van der Waals surface area contributed by atoms with E-state index in [0.29, 0.717) is 4.48 Å². The van der Waals surface area contributed by atoms with E-state index < -0.39 is 11.9 Å². The van der Waals surface area contributed by atoms with Gasteiger partial charge in [-0.15, -0.1) is 0 Å². The quantitative estimate of drug-likeness (QED) is 0.553. The molecular weight excluding hydrogens is 280 g/mol. The molecule has 0 unspecified atom stereocenters. The van der Waals surface area contributed by atoms with Gasteiger partial charge in [0.15, 0.2) is 0 Å². The summed E-state index contributed by atoms with van der Waals surface area (Å²) in [5.41, 5.74) is 0.355. The van der Waals surface area contributed by atoms with Gasteiger partial charge in [-0.05, 0) is 6.08 Å². The van der Waals surface area contributed by atoms with Gasteiger partial charge in [-0.2, -0.15) is 0 Å². The number of methoxy groups -OCH3 is 2. The zero-order valence-electron chi connectivity index (χ0n) is 8.65. The zero-order chi connectivity index (χ0) is 11.9. The minimum Gasteiger partial charge on any atom is -0.465 e.